The molecule has 1 atom stereocenters. The number of carbonyl (C=O) groups is 6. The Morgan fingerprint density at radius 2 is 1.03 bits per heavy atom. The van der Waals surface area contributed by atoms with Gasteiger partial charge in [-0.1, -0.05) is 30.3 Å². The minimum absolute atomic E-state index is 0. The molecule has 0 fully saturated rings. The summed E-state index contributed by atoms with van der Waals surface area (Å²) in [6.45, 7) is 13.8. The normalized spacial score (nSPS) is 10.6. The number of primary amides is 1. The Morgan fingerprint density at radius 1 is 0.606 bits per heavy atom. The number of hydrogen-bond donors (Lipinski definition) is 4. The summed E-state index contributed by atoms with van der Waals surface area (Å²) in [5.74, 6) is -2.05. The number of amides is 2. The first-order valence-electron chi connectivity index (χ1n) is 20.7. The minimum Gasteiger partial charge on any atom is -0.870 e. The van der Waals surface area contributed by atoms with Crippen LogP contribution in [0.5, 0.6) is 0 Å². The number of furan rings is 4. The van der Waals surface area contributed by atoms with Gasteiger partial charge in [-0.15, -0.1) is 0 Å². The third kappa shape index (κ3) is 14.5. The third-order valence-corrected chi connectivity index (χ3v) is 9.64. The first-order chi connectivity index (χ1) is 32.8. The zero-order chi connectivity index (χ0) is 50.5. The van der Waals surface area contributed by atoms with E-state index in [0.717, 1.165) is 11.1 Å². The van der Waals surface area contributed by atoms with Crippen molar-refractivity contribution in [3.05, 3.63) is 149 Å². The van der Waals surface area contributed by atoms with Crippen LogP contribution in [0.2, 0.25) is 0 Å². The Bertz CT molecular complexity index is 3070. The number of esters is 1. The molecule has 7 aromatic heterocycles. The van der Waals surface area contributed by atoms with E-state index in [4.69, 9.17) is 51.6 Å². The smallest absolute Gasteiger partial charge is 0.870 e. The summed E-state index contributed by atoms with van der Waals surface area (Å²) in [7, 11) is 0. The number of carboxylic acid groups (broad SMARTS) is 2. The largest absolute Gasteiger partial charge is 1.00 e. The molecule has 1 aromatic carbocycles. The molecule has 0 spiro atoms. The molecule has 0 saturated carbocycles. The number of aromatic carboxylic acids is 2. The number of carbonyl (C=O) groups excluding carboxylic acids is 4. The second-order valence-corrected chi connectivity index (χ2v) is 14.6. The number of hydrogen-bond acceptors (Lipinski definition) is 18. The number of aryl methyl sites for hydroxylation is 7. The first kappa shape index (κ1) is 56.9. The standard InChI is InChI=1S/C20H19N3O5.C12H13NO4.C10H9NO4.C6H6O3.Li.H2O/c1-11-14(8-9-27-11)16-18(28-12(2)22-16)20(26)23-15(17(24)19(21)25)10-13-6-4-3-5-7-13;1-4-15-12(14)11-10(13-8(3)17-11)9-5-6-16-7(9)2;1-5-7(3-4-14-5)8-9(10(12)13)15-6(2)11-8;1-4-5(6(7)8)2-3-9-4;;/h3-9,15H,10H2,1-2H3,(H2,21,25)(H,23,26);5-6H,4H2,1-3H3;3-4H,1-2H3,(H,12,13);2-3H,1H3,(H,7,8);;1H2/q;;;;+1;/p-1. The van der Waals surface area contributed by atoms with Crippen LogP contribution in [-0.4, -0.2) is 78.8 Å². The number of nitrogens with zero attached hydrogens (tertiary/aromatic N) is 3. The predicted molar refractivity (Wildman–Crippen MR) is 242 cm³/mol. The number of aromatic nitrogens is 3. The van der Waals surface area contributed by atoms with Gasteiger partial charge in [0.05, 0.1) is 31.7 Å². The van der Waals surface area contributed by atoms with Crippen LogP contribution in [0, 0.1) is 48.5 Å². The van der Waals surface area contributed by atoms with Crippen LogP contribution in [0.1, 0.15) is 95.2 Å². The van der Waals surface area contributed by atoms with Gasteiger partial charge in [0.15, 0.2) is 17.7 Å². The van der Waals surface area contributed by atoms with Crippen molar-refractivity contribution in [2.45, 2.75) is 67.9 Å². The fourth-order valence-electron chi connectivity index (χ4n) is 6.42. The van der Waals surface area contributed by atoms with Crippen LogP contribution in [0.25, 0.3) is 33.8 Å². The summed E-state index contributed by atoms with van der Waals surface area (Å²) in [5, 5.41) is 19.8. The Labute approximate surface area is 416 Å². The molecule has 1 unspecified atom stereocenters. The van der Waals surface area contributed by atoms with E-state index in [1.165, 1.54) is 24.9 Å². The van der Waals surface area contributed by atoms with Crippen molar-refractivity contribution < 1.29 is 99.0 Å². The average Bonchev–Trinajstić information content (AvgIpc) is 4.18. The van der Waals surface area contributed by atoms with Gasteiger partial charge < -0.3 is 62.4 Å². The van der Waals surface area contributed by atoms with Gasteiger partial charge in [-0.25, -0.2) is 29.3 Å². The Morgan fingerprint density at radius 3 is 1.41 bits per heavy atom. The fraction of sp³-hybridized carbons (Fsp3) is 0.229. The second-order valence-electron chi connectivity index (χ2n) is 14.6. The molecule has 368 valence electrons. The van der Waals surface area contributed by atoms with Crippen molar-refractivity contribution in [1.29, 1.82) is 0 Å². The summed E-state index contributed by atoms with van der Waals surface area (Å²) in [6, 6.07) is 14.4. The van der Waals surface area contributed by atoms with Crippen molar-refractivity contribution in [2.24, 2.45) is 5.73 Å². The number of oxazole rings is 3. The van der Waals surface area contributed by atoms with E-state index >= 15 is 0 Å². The predicted octanol–water partition coefficient (Wildman–Crippen LogP) is 5.04. The number of ketones is 1. The zero-order valence-electron chi connectivity index (χ0n) is 40.0. The van der Waals surface area contributed by atoms with Gasteiger partial charge in [0.25, 0.3) is 11.8 Å². The van der Waals surface area contributed by atoms with Gasteiger partial charge in [-0.3, -0.25) is 14.4 Å². The van der Waals surface area contributed by atoms with Crippen LogP contribution >= 0.6 is 0 Å². The van der Waals surface area contributed by atoms with Gasteiger partial charge in [0, 0.05) is 43.9 Å². The molecule has 0 saturated heterocycles. The SMILES string of the molecule is CCOC(=O)c1oc(C)nc1-c1ccoc1C.Cc1nc(-c2ccoc2C)c(C(=O)NC(Cc2ccccc2)C(=O)C(N)=O)o1.Cc1nc(-c2ccoc2C)c(C(=O)O)o1.Cc1occc1C(=O)O.[Li+].[OH-]. The maximum Gasteiger partial charge on any atom is 1.00 e. The number of benzene rings is 1. The van der Waals surface area contributed by atoms with Gasteiger partial charge in [0.2, 0.25) is 23.1 Å². The molecule has 0 aliphatic heterocycles. The Hall–Kier alpha value is -8.45. The maximum atomic E-state index is 12.8. The van der Waals surface area contributed by atoms with Gasteiger partial charge in [-0.05, 0) is 64.4 Å². The average molecular weight is 974 g/mol. The van der Waals surface area contributed by atoms with Gasteiger partial charge in [-0.2, -0.15) is 0 Å². The number of nitrogens with two attached hydrogens (primary N) is 1. The van der Waals surface area contributed by atoms with E-state index < -0.39 is 41.5 Å². The summed E-state index contributed by atoms with van der Waals surface area (Å²) in [5.41, 5.74) is 9.20. The summed E-state index contributed by atoms with van der Waals surface area (Å²) in [4.78, 5) is 81.8. The molecule has 0 radical (unpaired) electrons. The molecule has 8 aromatic rings. The van der Waals surface area contributed by atoms with E-state index in [2.05, 4.69) is 20.3 Å². The van der Waals surface area contributed by atoms with E-state index in [-0.39, 0.29) is 59.5 Å². The molecular weight excluding hydrogens is 925 g/mol. The molecule has 2 amide bonds. The molecule has 8 rings (SSSR count). The van der Waals surface area contributed by atoms with Crippen LogP contribution in [0.3, 0.4) is 0 Å². The number of Topliss-reactive ketones (excluding diaryl/α,β-unsaturated/α-hetero) is 1. The van der Waals surface area contributed by atoms with Crippen molar-refractivity contribution in [1.82, 2.24) is 20.3 Å². The molecule has 71 heavy (non-hydrogen) atoms. The maximum absolute atomic E-state index is 12.8. The van der Waals surface area contributed by atoms with Gasteiger partial charge >= 0.3 is 36.8 Å². The summed E-state index contributed by atoms with van der Waals surface area (Å²) in [6.07, 6.45) is 5.98. The van der Waals surface area contributed by atoms with Crippen molar-refractivity contribution in [3.63, 3.8) is 0 Å². The van der Waals surface area contributed by atoms with Crippen molar-refractivity contribution >= 4 is 35.5 Å². The summed E-state index contributed by atoms with van der Waals surface area (Å²) >= 11 is 0. The van der Waals surface area contributed by atoms with Crippen LogP contribution in [0.15, 0.2) is 111 Å². The van der Waals surface area contributed by atoms with Gasteiger partial charge in [0.1, 0.15) is 51.7 Å². The molecule has 0 bridgehead atoms. The molecule has 0 aliphatic rings. The molecular formula is C48H48LiN5O17. The molecule has 6 N–H and O–H groups in total. The zero-order valence-corrected chi connectivity index (χ0v) is 40.0. The molecule has 0 aliphatic carbocycles. The summed E-state index contributed by atoms with van der Waals surface area (Å²) < 4.78 is 40.9. The Kier molecular flexibility index (Phi) is 20.7. The number of rotatable bonds is 13. The Balaban J connectivity index is 0.000000267. The second kappa shape index (κ2) is 25.8. The fourth-order valence-corrected chi connectivity index (χ4v) is 6.42. The number of ether oxygens (including phenoxy) is 1. The van der Waals surface area contributed by atoms with E-state index in [1.54, 1.807) is 104 Å². The number of nitrogens with one attached hydrogen (secondary N) is 1. The minimum atomic E-state index is -1.13. The monoisotopic (exact) mass is 973 g/mol. The van der Waals surface area contributed by atoms with E-state index in [9.17, 15) is 28.8 Å². The van der Waals surface area contributed by atoms with E-state index in [0.29, 0.717) is 69.6 Å². The van der Waals surface area contributed by atoms with Crippen LogP contribution in [0.4, 0.5) is 0 Å². The van der Waals surface area contributed by atoms with Crippen molar-refractivity contribution in [3.8, 4) is 33.8 Å². The molecule has 22 nitrogen and oxygen atoms in total. The topological polar surface area (TPSA) is 351 Å². The molecule has 23 heteroatoms. The van der Waals surface area contributed by atoms with Crippen LogP contribution < -0.4 is 29.9 Å². The van der Waals surface area contributed by atoms with Crippen LogP contribution in [-0.2, 0) is 20.7 Å². The third-order valence-electron chi connectivity index (χ3n) is 9.64. The first-order valence-corrected chi connectivity index (χ1v) is 20.7. The number of carboxylic acids is 2. The molecule has 7 heterocycles. The van der Waals surface area contributed by atoms with Crippen molar-refractivity contribution in [2.75, 3.05) is 6.61 Å². The van der Waals surface area contributed by atoms with E-state index in [1.807, 2.05) is 6.07 Å². The quantitative estimate of drug-likeness (QED) is 0.0668.